The molecule has 0 saturated heterocycles. The normalized spacial score (nSPS) is 16.7. The van der Waals surface area contributed by atoms with Crippen molar-refractivity contribution in [2.45, 2.75) is 0 Å². The zero-order chi connectivity index (χ0) is 5.28. The molecule has 7 heavy (non-hydrogen) atoms. The predicted molar refractivity (Wildman–Crippen MR) is 27.2 cm³/mol. The Balaban J connectivity index is 2.69. The molecule has 0 aromatic rings. The van der Waals surface area contributed by atoms with Crippen molar-refractivity contribution in [1.29, 1.82) is 0 Å². The fraction of sp³-hybridized carbons (Fsp3) is 0.250. The quantitative estimate of drug-likeness (QED) is 0.414. The van der Waals surface area contributed by atoms with Gasteiger partial charge >= 0.3 is 0 Å². The molecule has 36 valence electrons. The van der Waals surface area contributed by atoms with E-state index in [0.29, 0.717) is 5.84 Å². The lowest BCUT2D eigenvalue weighted by Gasteiger charge is -1.83. The second kappa shape index (κ2) is 1.21. The molecule has 0 saturated carbocycles. The Kier molecular flexibility index (Phi) is 0.704. The molecule has 0 amide bonds. The SMILES string of the molecule is CN1[C+]=CC(N)=N1. The van der Waals surface area contributed by atoms with Gasteiger partial charge in [-0.3, -0.25) is 0 Å². The van der Waals surface area contributed by atoms with Crippen LogP contribution in [0, 0.1) is 6.20 Å². The summed E-state index contributed by atoms with van der Waals surface area (Å²) in [6.45, 7) is 0. The number of hydrogen-bond donors (Lipinski definition) is 1. The molecule has 0 aromatic heterocycles. The Hall–Kier alpha value is -1.08. The fourth-order valence-electron chi connectivity index (χ4n) is 0.390. The largest absolute Gasteiger partial charge is 0.306 e. The van der Waals surface area contributed by atoms with Crippen LogP contribution in [0.4, 0.5) is 0 Å². The first-order valence-corrected chi connectivity index (χ1v) is 1.96. The first kappa shape index (κ1) is 4.09. The minimum absolute atomic E-state index is 0.516. The van der Waals surface area contributed by atoms with Crippen molar-refractivity contribution in [1.82, 2.24) is 5.01 Å². The van der Waals surface area contributed by atoms with E-state index in [2.05, 4.69) is 11.3 Å². The molecule has 1 aliphatic heterocycles. The van der Waals surface area contributed by atoms with Crippen LogP contribution in [-0.4, -0.2) is 17.9 Å². The third-order valence-electron chi connectivity index (χ3n) is 0.665. The molecular weight excluding hydrogens is 90.1 g/mol. The van der Waals surface area contributed by atoms with Crippen molar-refractivity contribution in [3.05, 3.63) is 12.3 Å². The Morgan fingerprint density at radius 2 is 2.71 bits per heavy atom. The van der Waals surface area contributed by atoms with E-state index in [1.165, 1.54) is 5.01 Å². The highest BCUT2D eigenvalue weighted by molar-refractivity contribution is 5.91. The van der Waals surface area contributed by atoms with Gasteiger partial charge in [-0.25, -0.2) is 0 Å². The zero-order valence-corrected chi connectivity index (χ0v) is 4.05. The Labute approximate surface area is 42.1 Å². The summed E-state index contributed by atoms with van der Waals surface area (Å²) in [5.41, 5.74) is 5.22. The summed E-state index contributed by atoms with van der Waals surface area (Å²) < 4.78 is 0. The highest BCUT2D eigenvalue weighted by Gasteiger charge is 2.10. The average molecular weight is 96.1 g/mol. The van der Waals surface area contributed by atoms with Gasteiger partial charge in [0, 0.05) is 0 Å². The molecule has 0 unspecified atom stereocenters. The molecule has 3 nitrogen and oxygen atoms in total. The number of nitrogens with zero attached hydrogens (tertiary/aromatic N) is 2. The molecule has 0 atom stereocenters. The van der Waals surface area contributed by atoms with Crippen LogP contribution in [0.3, 0.4) is 0 Å². The lowest BCUT2D eigenvalue weighted by Crippen LogP contribution is -2.06. The molecule has 0 fully saturated rings. The van der Waals surface area contributed by atoms with E-state index in [1.807, 2.05) is 0 Å². The minimum atomic E-state index is 0.516. The number of amidine groups is 1. The summed E-state index contributed by atoms with van der Waals surface area (Å²) in [6, 6.07) is 0. The maximum absolute atomic E-state index is 5.22. The Morgan fingerprint density at radius 1 is 2.00 bits per heavy atom. The first-order chi connectivity index (χ1) is 3.29. The van der Waals surface area contributed by atoms with Gasteiger partial charge in [0.15, 0.2) is 0 Å². The number of nitrogens with two attached hydrogens (primary N) is 1. The molecule has 1 rings (SSSR count). The molecule has 1 aliphatic rings. The molecule has 0 aromatic carbocycles. The topological polar surface area (TPSA) is 41.6 Å². The Morgan fingerprint density at radius 3 is 2.86 bits per heavy atom. The lowest BCUT2D eigenvalue weighted by molar-refractivity contribution is 0.480. The lowest BCUT2D eigenvalue weighted by atomic mass is 10.6. The third kappa shape index (κ3) is 0.669. The van der Waals surface area contributed by atoms with E-state index < -0.39 is 0 Å². The average Bonchev–Trinajstić information content (AvgIpc) is 1.87. The van der Waals surface area contributed by atoms with Crippen molar-refractivity contribution >= 4 is 5.84 Å². The monoisotopic (exact) mass is 96.1 g/mol. The summed E-state index contributed by atoms with van der Waals surface area (Å²) in [5.74, 6) is 0.516. The van der Waals surface area contributed by atoms with Crippen LogP contribution < -0.4 is 5.73 Å². The first-order valence-electron chi connectivity index (χ1n) is 1.96. The van der Waals surface area contributed by atoms with Gasteiger partial charge in [0.2, 0.25) is 12.3 Å². The number of rotatable bonds is 0. The van der Waals surface area contributed by atoms with E-state index in [4.69, 9.17) is 5.73 Å². The van der Waals surface area contributed by atoms with Crippen molar-refractivity contribution < 1.29 is 0 Å². The van der Waals surface area contributed by atoms with Gasteiger partial charge in [-0.05, 0) is 5.10 Å². The molecule has 1 heterocycles. The van der Waals surface area contributed by atoms with Gasteiger partial charge < -0.3 is 5.73 Å². The van der Waals surface area contributed by atoms with Crippen LogP contribution >= 0.6 is 0 Å². The summed E-state index contributed by atoms with van der Waals surface area (Å²) in [5, 5.41) is 5.29. The molecular formula is C4H6N3+. The van der Waals surface area contributed by atoms with Crippen LogP contribution in [-0.2, 0) is 0 Å². The van der Waals surface area contributed by atoms with Gasteiger partial charge in [0.05, 0.1) is 7.05 Å². The van der Waals surface area contributed by atoms with Crippen molar-refractivity contribution in [2.75, 3.05) is 7.05 Å². The van der Waals surface area contributed by atoms with Gasteiger partial charge in [-0.15, -0.1) is 5.01 Å². The molecule has 0 bridgehead atoms. The molecule has 0 spiro atoms. The van der Waals surface area contributed by atoms with Crippen LogP contribution in [0.5, 0.6) is 0 Å². The minimum Gasteiger partial charge on any atom is -0.306 e. The van der Waals surface area contributed by atoms with Crippen LogP contribution in [0.15, 0.2) is 11.2 Å². The molecule has 0 radical (unpaired) electrons. The fourth-order valence-corrected chi connectivity index (χ4v) is 0.390. The van der Waals surface area contributed by atoms with Crippen molar-refractivity contribution in [3.8, 4) is 0 Å². The predicted octanol–water partition coefficient (Wildman–Crippen LogP) is -0.479. The number of hydrazone groups is 1. The second-order valence-corrected chi connectivity index (χ2v) is 1.32. The van der Waals surface area contributed by atoms with Crippen LogP contribution in [0.1, 0.15) is 0 Å². The van der Waals surface area contributed by atoms with E-state index in [-0.39, 0.29) is 0 Å². The van der Waals surface area contributed by atoms with Gasteiger partial charge in [-0.2, -0.15) is 0 Å². The smallest absolute Gasteiger partial charge is 0.295 e. The van der Waals surface area contributed by atoms with Crippen molar-refractivity contribution in [3.63, 3.8) is 0 Å². The molecule has 0 aliphatic carbocycles. The van der Waals surface area contributed by atoms with Gasteiger partial charge in [0.25, 0.3) is 5.84 Å². The summed E-state index contributed by atoms with van der Waals surface area (Å²) in [4.78, 5) is 0. The van der Waals surface area contributed by atoms with Gasteiger partial charge in [-0.1, -0.05) is 0 Å². The maximum Gasteiger partial charge on any atom is 0.295 e. The number of hydrogen-bond acceptors (Lipinski definition) is 3. The van der Waals surface area contributed by atoms with E-state index >= 15 is 0 Å². The third-order valence-corrected chi connectivity index (χ3v) is 0.665. The van der Waals surface area contributed by atoms with Crippen molar-refractivity contribution in [2.24, 2.45) is 10.8 Å². The summed E-state index contributed by atoms with van der Waals surface area (Å²) >= 11 is 0. The molecule has 3 heteroatoms. The Bertz CT molecular complexity index is 125. The summed E-state index contributed by atoms with van der Waals surface area (Å²) in [6.07, 6.45) is 4.37. The standard InChI is InChI=1S/C4H6N3/c1-7-3-2-4(5)6-7/h2H,1H3,(H2,5,6)/q+1. The van der Waals surface area contributed by atoms with E-state index in [1.54, 1.807) is 13.1 Å². The van der Waals surface area contributed by atoms with E-state index in [9.17, 15) is 0 Å². The van der Waals surface area contributed by atoms with Gasteiger partial charge in [0.1, 0.15) is 0 Å². The summed E-state index contributed by atoms with van der Waals surface area (Å²) in [7, 11) is 1.77. The highest BCUT2D eigenvalue weighted by Crippen LogP contribution is 1.91. The molecule has 2 N–H and O–H groups in total. The zero-order valence-electron chi connectivity index (χ0n) is 4.05. The maximum atomic E-state index is 5.22. The highest BCUT2D eigenvalue weighted by atomic mass is 15.4. The van der Waals surface area contributed by atoms with Crippen LogP contribution in [0.2, 0.25) is 0 Å². The van der Waals surface area contributed by atoms with E-state index in [0.717, 1.165) is 0 Å². The van der Waals surface area contributed by atoms with Crippen LogP contribution in [0.25, 0.3) is 0 Å². The second-order valence-electron chi connectivity index (χ2n) is 1.32.